The first-order valence-electron chi connectivity index (χ1n) is 8.89. The van der Waals surface area contributed by atoms with Crippen molar-refractivity contribution in [3.8, 4) is 0 Å². The lowest BCUT2D eigenvalue weighted by atomic mass is 10.1. The molecule has 0 aliphatic heterocycles. The number of benzene rings is 2. The van der Waals surface area contributed by atoms with Crippen molar-refractivity contribution in [1.29, 1.82) is 0 Å². The van der Waals surface area contributed by atoms with Gasteiger partial charge >= 0.3 is 0 Å². The van der Waals surface area contributed by atoms with Crippen molar-refractivity contribution >= 4 is 29.1 Å². The Kier molecular flexibility index (Phi) is 4.94. The number of aryl methyl sites for hydroxylation is 2. The molecule has 1 aliphatic carbocycles. The quantitative estimate of drug-likeness (QED) is 0.673. The Balaban J connectivity index is 1.57. The number of rotatable bonds is 4. The maximum atomic E-state index is 12.9. The molecule has 0 bridgehead atoms. The summed E-state index contributed by atoms with van der Waals surface area (Å²) in [4.78, 5) is 12.9. The minimum Gasteiger partial charge on any atom is -0.345 e. The number of nitrogens with one attached hydrogen (secondary N) is 1. The van der Waals surface area contributed by atoms with Crippen molar-refractivity contribution in [1.82, 2.24) is 15.1 Å². The highest BCUT2D eigenvalue weighted by Gasteiger charge is 2.27. The van der Waals surface area contributed by atoms with Crippen LogP contribution in [0.1, 0.15) is 45.2 Å². The van der Waals surface area contributed by atoms with E-state index >= 15 is 0 Å². The first-order valence-corrected chi connectivity index (χ1v) is 9.65. The van der Waals surface area contributed by atoms with E-state index in [-0.39, 0.29) is 11.9 Å². The molecule has 0 radical (unpaired) electrons. The van der Waals surface area contributed by atoms with Crippen molar-refractivity contribution in [2.75, 3.05) is 0 Å². The summed E-state index contributed by atoms with van der Waals surface area (Å²) in [5.74, 6) is -0.190. The molecule has 1 atom stereocenters. The van der Waals surface area contributed by atoms with Crippen LogP contribution in [0.2, 0.25) is 10.2 Å². The van der Waals surface area contributed by atoms with E-state index in [0.29, 0.717) is 28.0 Å². The Hall–Kier alpha value is -2.30. The number of hydrogen-bond donors (Lipinski definition) is 1. The molecule has 1 heterocycles. The third-order valence-electron chi connectivity index (χ3n) is 5.01. The summed E-state index contributed by atoms with van der Waals surface area (Å²) in [5, 5.41) is 8.55. The Labute approximate surface area is 168 Å². The molecule has 1 unspecified atom stereocenters. The van der Waals surface area contributed by atoms with Crippen molar-refractivity contribution < 1.29 is 4.79 Å². The van der Waals surface area contributed by atoms with E-state index in [0.717, 1.165) is 18.4 Å². The van der Waals surface area contributed by atoms with Crippen LogP contribution >= 0.6 is 23.2 Å². The molecule has 1 aliphatic rings. The average molecular weight is 400 g/mol. The van der Waals surface area contributed by atoms with Gasteiger partial charge in [-0.2, -0.15) is 5.10 Å². The lowest BCUT2D eigenvalue weighted by molar-refractivity contribution is 0.0936. The predicted molar refractivity (Wildman–Crippen MR) is 107 cm³/mol. The summed E-state index contributed by atoms with van der Waals surface area (Å²) < 4.78 is 1.62. The smallest absolute Gasteiger partial charge is 0.256 e. The summed E-state index contributed by atoms with van der Waals surface area (Å²) in [6.07, 6.45) is 1.87. The fourth-order valence-corrected chi connectivity index (χ4v) is 4.16. The second-order valence-corrected chi connectivity index (χ2v) is 7.53. The van der Waals surface area contributed by atoms with Crippen LogP contribution in [-0.2, 0) is 13.0 Å². The monoisotopic (exact) mass is 399 g/mol. The molecule has 2 aromatic carbocycles. The van der Waals surface area contributed by atoms with Crippen LogP contribution in [0.15, 0.2) is 48.5 Å². The zero-order valence-electron chi connectivity index (χ0n) is 14.9. The van der Waals surface area contributed by atoms with Gasteiger partial charge in [-0.15, -0.1) is 0 Å². The number of carbonyl (C=O) groups excluding carboxylic acids is 1. The highest BCUT2D eigenvalue weighted by molar-refractivity contribution is 6.33. The van der Waals surface area contributed by atoms with E-state index in [1.165, 1.54) is 11.1 Å². The molecule has 1 aromatic heterocycles. The topological polar surface area (TPSA) is 46.9 Å². The van der Waals surface area contributed by atoms with Crippen molar-refractivity contribution in [3.05, 3.63) is 86.7 Å². The molecule has 0 spiro atoms. The molecule has 4 nitrogen and oxygen atoms in total. The van der Waals surface area contributed by atoms with Gasteiger partial charge in [0.05, 0.1) is 23.8 Å². The molecule has 1 N–H and O–H groups in total. The highest BCUT2D eigenvalue weighted by atomic mass is 35.5. The molecule has 4 rings (SSSR count). The number of nitrogens with zero attached hydrogens (tertiary/aromatic N) is 2. The lowest BCUT2D eigenvalue weighted by Gasteiger charge is -2.14. The third kappa shape index (κ3) is 3.47. The summed E-state index contributed by atoms with van der Waals surface area (Å²) in [5.41, 5.74) is 4.41. The Morgan fingerprint density at radius 3 is 2.74 bits per heavy atom. The van der Waals surface area contributed by atoms with Crippen LogP contribution in [0.5, 0.6) is 0 Å². The van der Waals surface area contributed by atoms with Gasteiger partial charge in [-0.25, -0.2) is 4.68 Å². The van der Waals surface area contributed by atoms with Crippen LogP contribution in [0.3, 0.4) is 0 Å². The van der Waals surface area contributed by atoms with Crippen LogP contribution in [0.25, 0.3) is 0 Å². The number of fused-ring (bicyclic) bond motifs is 1. The van der Waals surface area contributed by atoms with Gasteiger partial charge in [0.2, 0.25) is 0 Å². The van der Waals surface area contributed by atoms with Crippen molar-refractivity contribution in [3.63, 3.8) is 0 Å². The van der Waals surface area contributed by atoms with Gasteiger partial charge in [0.15, 0.2) is 0 Å². The maximum absolute atomic E-state index is 12.9. The molecule has 138 valence electrons. The molecule has 0 fully saturated rings. The van der Waals surface area contributed by atoms with Gasteiger partial charge in [-0.3, -0.25) is 4.79 Å². The maximum Gasteiger partial charge on any atom is 0.256 e. The van der Waals surface area contributed by atoms with E-state index in [1.807, 2.05) is 36.4 Å². The number of aromatic nitrogens is 2. The molecule has 0 saturated carbocycles. The fourth-order valence-electron chi connectivity index (χ4n) is 3.64. The number of carbonyl (C=O) groups is 1. The predicted octanol–water partition coefficient (Wildman–Crippen LogP) is 4.96. The fraction of sp³-hybridized carbons (Fsp3) is 0.238. The zero-order chi connectivity index (χ0) is 19.0. The molecule has 1 amide bonds. The van der Waals surface area contributed by atoms with Gasteiger partial charge in [-0.1, -0.05) is 65.7 Å². The SMILES string of the molecule is Cc1nn(Cc2ccccc2Cl)c(Cl)c1C(=O)NC1CCc2ccccc21. The highest BCUT2D eigenvalue weighted by Crippen LogP contribution is 2.32. The summed E-state index contributed by atoms with van der Waals surface area (Å²) >= 11 is 12.7. The molecule has 3 aromatic rings. The van der Waals surface area contributed by atoms with Crippen molar-refractivity contribution in [2.24, 2.45) is 0 Å². The van der Waals surface area contributed by atoms with Crippen LogP contribution in [-0.4, -0.2) is 15.7 Å². The summed E-state index contributed by atoms with van der Waals surface area (Å²) in [6.45, 7) is 2.21. The van der Waals surface area contributed by atoms with Gasteiger partial charge in [0, 0.05) is 5.02 Å². The Morgan fingerprint density at radius 1 is 1.19 bits per heavy atom. The minimum atomic E-state index is -0.190. The van der Waals surface area contributed by atoms with E-state index in [2.05, 4.69) is 22.5 Å². The van der Waals surface area contributed by atoms with Gasteiger partial charge in [0.25, 0.3) is 5.91 Å². The first-order chi connectivity index (χ1) is 13.0. The molecule has 6 heteroatoms. The van der Waals surface area contributed by atoms with Gasteiger partial charge < -0.3 is 5.32 Å². The molecular formula is C21H19Cl2N3O. The van der Waals surface area contributed by atoms with Gasteiger partial charge in [-0.05, 0) is 42.5 Å². The third-order valence-corrected chi connectivity index (χ3v) is 5.76. The molecule has 0 saturated heterocycles. The lowest BCUT2D eigenvalue weighted by Crippen LogP contribution is -2.27. The average Bonchev–Trinajstić information content (AvgIpc) is 3.18. The molecular weight excluding hydrogens is 381 g/mol. The van der Waals surface area contributed by atoms with Crippen molar-refractivity contribution in [2.45, 2.75) is 32.4 Å². The first kappa shape index (κ1) is 18.1. The minimum absolute atomic E-state index is 0.0103. The standard InChI is InChI=1S/C21H19Cl2N3O/c1-13-19(20(23)26(25-13)12-15-7-3-5-9-17(15)22)21(27)24-18-11-10-14-6-2-4-8-16(14)18/h2-9,18H,10-12H2,1H3,(H,24,27). The number of hydrogen-bond acceptors (Lipinski definition) is 2. The van der Waals surface area contributed by atoms with Gasteiger partial charge in [0.1, 0.15) is 5.15 Å². The second-order valence-electron chi connectivity index (χ2n) is 6.76. The van der Waals surface area contributed by atoms with Crippen LogP contribution < -0.4 is 5.32 Å². The number of amides is 1. The molecule has 27 heavy (non-hydrogen) atoms. The Morgan fingerprint density at radius 2 is 1.93 bits per heavy atom. The van der Waals surface area contributed by atoms with E-state index in [1.54, 1.807) is 11.6 Å². The normalized spacial score (nSPS) is 15.6. The number of halogens is 2. The van der Waals surface area contributed by atoms with E-state index in [4.69, 9.17) is 23.2 Å². The van der Waals surface area contributed by atoms with Crippen LogP contribution in [0, 0.1) is 6.92 Å². The second kappa shape index (κ2) is 7.37. The summed E-state index contributed by atoms with van der Waals surface area (Å²) in [7, 11) is 0. The zero-order valence-corrected chi connectivity index (χ0v) is 16.4. The Bertz CT molecular complexity index is 1010. The largest absolute Gasteiger partial charge is 0.345 e. The van der Waals surface area contributed by atoms with E-state index in [9.17, 15) is 4.79 Å². The van der Waals surface area contributed by atoms with Crippen LogP contribution in [0.4, 0.5) is 0 Å². The van der Waals surface area contributed by atoms with E-state index < -0.39 is 0 Å². The summed E-state index contributed by atoms with van der Waals surface area (Å²) in [6, 6.07) is 15.8.